The van der Waals surface area contributed by atoms with Crippen LogP contribution in [0.4, 0.5) is 0 Å². The van der Waals surface area contributed by atoms with Gasteiger partial charge in [-0.05, 0) is 13.8 Å². The van der Waals surface area contributed by atoms with Gasteiger partial charge in [0.1, 0.15) is 5.60 Å². The third kappa shape index (κ3) is 1.56. The van der Waals surface area contributed by atoms with Gasteiger partial charge < -0.3 is 4.74 Å². The number of rotatable bonds is 0. The van der Waals surface area contributed by atoms with Gasteiger partial charge in [-0.25, -0.2) is 0 Å². The Hall–Kier alpha value is -0.860. The van der Waals surface area contributed by atoms with Crippen molar-refractivity contribution in [3.63, 3.8) is 0 Å². The lowest BCUT2D eigenvalue weighted by Gasteiger charge is -2.27. The van der Waals surface area contributed by atoms with Crippen LogP contribution in [0.25, 0.3) is 0 Å². The molecule has 0 saturated heterocycles. The number of nitrogens with zero attached hydrogens (tertiary/aromatic N) is 1. The van der Waals surface area contributed by atoms with E-state index < -0.39 is 0 Å². The molecular formula is C7H11NO2. The molecule has 3 nitrogen and oxygen atoms in total. The summed E-state index contributed by atoms with van der Waals surface area (Å²) in [5.41, 5.74) is -0.358. The number of hydrogen-bond acceptors (Lipinski definition) is 2. The van der Waals surface area contributed by atoms with E-state index in [0.717, 1.165) is 0 Å². The first-order valence-corrected chi connectivity index (χ1v) is 3.27. The Morgan fingerprint density at radius 3 is 2.60 bits per heavy atom. The molecule has 0 aromatic carbocycles. The molecule has 0 aromatic heterocycles. The van der Waals surface area contributed by atoms with E-state index in [2.05, 4.69) is 4.99 Å². The molecule has 0 radical (unpaired) electrons. The summed E-state index contributed by atoms with van der Waals surface area (Å²) in [6, 6.07) is 0. The van der Waals surface area contributed by atoms with Crippen molar-refractivity contribution < 1.29 is 9.53 Å². The van der Waals surface area contributed by atoms with E-state index in [1.165, 1.54) is 0 Å². The summed E-state index contributed by atoms with van der Waals surface area (Å²) in [5, 5.41) is 0. The van der Waals surface area contributed by atoms with Gasteiger partial charge in [0.15, 0.2) is 5.90 Å². The van der Waals surface area contributed by atoms with Crippen LogP contribution in [0.15, 0.2) is 4.99 Å². The summed E-state index contributed by atoms with van der Waals surface area (Å²) in [6.07, 6.45) is 0.379. The second kappa shape index (κ2) is 2.08. The number of ether oxygens (including phenoxy) is 1. The van der Waals surface area contributed by atoms with Crippen molar-refractivity contribution in [1.29, 1.82) is 0 Å². The van der Waals surface area contributed by atoms with Gasteiger partial charge in [-0.15, -0.1) is 0 Å². The van der Waals surface area contributed by atoms with Gasteiger partial charge in [0.2, 0.25) is 0 Å². The van der Waals surface area contributed by atoms with Gasteiger partial charge >= 0.3 is 0 Å². The molecule has 1 heterocycles. The molecular weight excluding hydrogens is 130 g/mol. The van der Waals surface area contributed by atoms with Crippen LogP contribution >= 0.6 is 0 Å². The maximum atomic E-state index is 10.8. The quantitative estimate of drug-likeness (QED) is 0.507. The fourth-order valence-corrected chi connectivity index (χ4v) is 1.04. The minimum atomic E-state index is -0.358. The highest BCUT2D eigenvalue weighted by molar-refractivity contribution is 5.93. The SMILES string of the molecule is CC1=NC(=O)CC(C)(C)O1. The first-order valence-electron chi connectivity index (χ1n) is 3.27. The van der Waals surface area contributed by atoms with Crippen LogP contribution in [0.5, 0.6) is 0 Å². The highest BCUT2D eigenvalue weighted by Crippen LogP contribution is 2.19. The molecule has 0 spiro atoms. The van der Waals surface area contributed by atoms with Crippen molar-refractivity contribution in [2.75, 3.05) is 0 Å². The van der Waals surface area contributed by atoms with Gasteiger partial charge in [-0.3, -0.25) is 4.79 Å². The van der Waals surface area contributed by atoms with E-state index in [0.29, 0.717) is 12.3 Å². The van der Waals surface area contributed by atoms with Crippen molar-refractivity contribution in [3.8, 4) is 0 Å². The summed E-state index contributed by atoms with van der Waals surface area (Å²) in [7, 11) is 0. The first-order chi connectivity index (χ1) is 4.49. The third-order valence-corrected chi connectivity index (χ3v) is 1.28. The van der Waals surface area contributed by atoms with Crippen LogP contribution in [0.1, 0.15) is 27.2 Å². The Labute approximate surface area is 60.1 Å². The zero-order valence-corrected chi connectivity index (χ0v) is 6.47. The van der Waals surface area contributed by atoms with Crippen LogP contribution in [-0.2, 0) is 9.53 Å². The molecule has 1 amide bonds. The summed E-state index contributed by atoms with van der Waals surface area (Å²) in [6.45, 7) is 5.45. The topological polar surface area (TPSA) is 38.7 Å². The molecule has 1 rings (SSSR count). The number of hydrogen-bond donors (Lipinski definition) is 0. The third-order valence-electron chi connectivity index (χ3n) is 1.28. The number of carbonyl (C=O) groups is 1. The van der Waals surface area contributed by atoms with Crippen molar-refractivity contribution in [1.82, 2.24) is 0 Å². The molecule has 0 saturated carbocycles. The Kier molecular flexibility index (Phi) is 1.50. The van der Waals surface area contributed by atoms with Gasteiger partial charge in [-0.2, -0.15) is 4.99 Å². The highest BCUT2D eigenvalue weighted by atomic mass is 16.5. The minimum Gasteiger partial charge on any atom is -0.474 e. The van der Waals surface area contributed by atoms with Crippen LogP contribution in [-0.4, -0.2) is 17.4 Å². The van der Waals surface area contributed by atoms with Crippen molar-refractivity contribution >= 4 is 11.8 Å². The fourth-order valence-electron chi connectivity index (χ4n) is 1.04. The molecule has 1 aliphatic heterocycles. The lowest BCUT2D eigenvalue weighted by Crippen LogP contribution is -2.33. The molecule has 0 N–H and O–H groups in total. The van der Waals surface area contributed by atoms with E-state index in [1.807, 2.05) is 13.8 Å². The minimum absolute atomic E-state index is 0.0891. The maximum Gasteiger partial charge on any atom is 0.252 e. The first kappa shape index (κ1) is 7.25. The Balaban J connectivity index is 2.80. The summed E-state index contributed by atoms with van der Waals surface area (Å²) < 4.78 is 5.27. The van der Waals surface area contributed by atoms with Crippen LogP contribution in [0.2, 0.25) is 0 Å². The van der Waals surface area contributed by atoms with Gasteiger partial charge in [0.05, 0.1) is 6.42 Å². The summed E-state index contributed by atoms with van der Waals surface area (Å²) >= 11 is 0. The van der Waals surface area contributed by atoms with Crippen molar-refractivity contribution in [2.24, 2.45) is 4.99 Å². The highest BCUT2D eigenvalue weighted by Gasteiger charge is 2.28. The Morgan fingerprint density at radius 1 is 1.60 bits per heavy atom. The van der Waals surface area contributed by atoms with Crippen LogP contribution < -0.4 is 0 Å². The molecule has 1 aliphatic rings. The lowest BCUT2D eigenvalue weighted by molar-refractivity contribution is -0.123. The average Bonchev–Trinajstić information content (AvgIpc) is 1.54. The van der Waals surface area contributed by atoms with Crippen molar-refractivity contribution in [2.45, 2.75) is 32.8 Å². The molecule has 0 bridgehead atoms. The van der Waals surface area contributed by atoms with Gasteiger partial charge in [0, 0.05) is 6.92 Å². The van der Waals surface area contributed by atoms with Crippen LogP contribution in [0.3, 0.4) is 0 Å². The summed E-state index contributed by atoms with van der Waals surface area (Å²) in [4.78, 5) is 14.5. The predicted octanol–water partition coefficient (Wildman–Crippen LogP) is 1.13. The molecule has 3 heteroatoms. The predicted molar refractivity (Wildman–Crippen MR) is 37.9 cm³/mol. The number of aliphatic imine (C=N–C) groups is 1. The van der Waals surface area contributed by atoms with E-state index in [4.69, 9.17) is 4.74 Å². The molecule has 0 fully saturated rings. The van der Waals surface area contributed by atoms with E-state index >= 15 is 0 Å². The molecule has 10 heavy (non-hydrogen) atoms. The average molecular weight is 141 g/mol. The number of carbonyl (C=O) groups excluding carboxylic acids is 1. The standard InChI is InChI=1S/C7H11NO2/c1-5-8-6(9)4-7(2,3)10-5/h4H2,1-3H3. The zero-order valence-electron chi connectivity index (χ0n) is 6.47. The molecule has 0 atom stereocenters. The zero-order chi connectivity index (χ0) is 7.78. The lowest BCUT2D eigenvalue weighted by atomic mass is 10.0. The normalized spacial score (nSPS) is 23.5. The molecule has 56 valence electrons. The molecule has 0 aromatic rings. The molecule has 0 unspecified atom stereocenters. The van der Waals surface area contributed by atoms with Gasteiger partial charge in [0.25, 0.3) is 5.91 Å². The Morgan fingerprint density at radius 2 is 2.20 bits per heavy atom. The second-order valence-electron chi connectivity index (χ2n) is 3.06. The smallest absolute Gasteiger partial charge is 0.252 e. The fraction of sp³-hybridized carbons (Fsp3) is 0.714. The summed E-state index contributed by atoms with van der Waals surface area (Å²) in [5.74, 6) is 0.384. The van der Waals surface area contributed by atoms with E-state index in [1.54, 1.807) is 6.92 Å². The molecule has 0 aliphatic carbocycles. The van der Waals surface area contributed by atoms with Gasteiger partial charge in [-0.1, -0.05) is 0 Å². The monoisotopic (exact) mass is 141 g/mol. The Bertz CT molecular complexity index is 194. The largest absolute Gasteiger partial charge is 0.474 e. The maximum absolute atomic E-state index is 10.8. The van der Waals surface area contributed by atoms with Crippen LogP contribution in [0, 0.1) is 0 Å². The number of amides is 1. The van der Waals surface area contributed by atoms with Crippen molar-refractivity contribution in [3.05, 3.63) is 0 Å². The van der Waals surface area contributed by atoms with E-state index in [-0.39, 0.29) is 11.5 Å². The second-order valence-corrected chi connectivity index (χ2v) is 3.06. The van der Waals surface area contributed by atoms with E-state index in [9.17, 15) is 4.79 Å².